The zero-order valence-electron chi connectivity index (χ0n) is 10.7. The van der Waals surface area contributed by atoms with Crippen LogP contribution in [-0.2, 0) is 14.4 Å². The predicted molar refractivity (Wildman–Crippen MR) is 71.3 cm³/mol. The number of carbonyl (C=O) groups is 3. The molecule has 4 N–H and O–H groups in total. The number of hydrogen-bond donors (Lipinski definition) is 3. The number of carboxylic acid groups (broad SMARTS) is 1. The Morgan fingerprint density at radius 3 is 2.75 bits per heavy atom. The van der Waals surface area contributed by atoms with E-state index < -0.39 is 23.8 Å². The summed E-state index contributed by atoms with van der Waals surface area (Å²) in [6, 6.07) is 2.32. The number of pyridine rings is 1. The molecule has 0 fully saturated rings. The molecular weight excluding hydrogens is 262 g/mol. The average Bonchev–Trinajstić information content (AvgIpc) is 2.41. The molecule has 0 radical (unpaired) electrons. The van der Waals surface area contributed by atoms with Crippen molar-refractivity contribution in [3.63, 3.8) is 0 Å². The van der Waals surface area contributed by atoms with Gasteiger partial charge in [-0.1, -0.05) is 6.07 Å². The van der Waals surface area contributed by atoms with Crippen LogP contribution in [0.1, 0.15) is 18.4 Å². The minimum absolute atomic E-state index is 0.0445. The molecule has 0 saturated carbocycles. The molecule has 1 aromatic rings. The average molecular weight is 277 g/mol. The molecule has 106 valence electrons. The molecule has 0 bridgehead atoms. The number of aromatic nitrogens is 1. The van der Waals surface area contributed by atoms with E-state index in [1.54, 1.807) is 24.5 Å². The second kappa shape index (κ2) is 7.67. The van der Waals surface area contributed by atoms with Gasteiger partial charge >= 0.3 is 5.97 Å². The van der Waals surface area contributed by atoms with Crippen molar-refractivity contribution in [2.24, 2.45) is 5.73 Å². The Morgan fingerprint density at radius 1 is 1.45 bits per heavy atom. The molecule has 0 saturated heterocycles. The molecule has 1 rings (SSSR count). The molecule has 0 aliphatic carbocycles. The standard InChI is InChI=1S/C13H15N3O4/c14-11(17)5-4-10(13(19)20)16-12(18)6-3-9-2-1-7-15-8-9/h1-3,6-8,10H,4-5H2,(H2,14,17)(H,16,18)(H,19,20)/b6-3+/t10-/m1/s1. The quantitative estimate of drug-likeness (QED) is 0.602. The summed E-state index contributed by atoms with van der Waals surface area (Å²) in [6.45, 7) is 0. The van der Waals surface area contributed by atoms with Gasteiger partial charge in [0.15, 0.2) is 0 Å². The number of nitrogens with two attached hydrogens (primary N) is 1. The summed E-state index contributed by atoms with van der Waals surface area (Å²) in [4.78, 5) is 37.0. The Bertz CT molecular complexity index is 514. The van der Waals surface area contributed by atoms with Crippen LogP contribution in [0.2, 0.25) is 0 Å². The van der Waals surface area contributed by atoms with Gasteiger partial charge in [-0.15, -0.1) is 0 Å². The summed E-state index contributed by atoms with van der Waals surface area (Å²) >= 11 is 0. The van der Waals surface area contributed by atoms with Crippen LogP contribution < -0.4 is 11.1 Å². The first-order chi connectivity index (χ1) is 9.49. The summed E-state index contributed by atoms with van der Waals surface area (Å²) in [7, 11) is 0. The van der Waals surface area contributed by atoms with Crippen molar-refractivity contribution in [1.29, 1.82) is 0 Å². The molecule has 1 aromatic heterocycles. The van der Waals surface area contributed by atoms with Gasteiger partial charge < -0.3 is 16.2 Å². The van der Waals surface area contributed by atoms with E-state index in [9.17, 15) is 14.4 Å². The Morgan fingerprint density at radius 2 is 2.20 bits per heavy atom. The second-order valence-corrected chi connectivity index (χ2v) is 4.02. The number of primary amides is 1. The molecule has 0 unspecified atom stereocenters. The Kier molecular flexibility index (Phi) is 5.89. The molecule has 2 amide bonds. The highest BCUT2D eigenvalue weighted by Crippen LogP contribution is 2.00. The summed E-state index contributed by atoms with van der Waals surface area (Å²) in [5.74, 6) is -2.39. The molecule has 20 heavy (non-hydrogen) atoms. The first-order valence-corrected chi connectivity index (χ1v) is 5.88. The van der Waals surface area contributed by atoms with Gasteiger partial charge in [-0.3, -0.25) is 14.6 Å². The maximum absolute atomic E-state index is 11.6. The first-order valence-electron chi connectivity index (χ1n) is 5.88. The third kappa shape index (κ3) is 5.76. The van der Waals surface area contributed by atoms with Crippen molar-refractivity contribution in [1.82, 2.24) is 10.3 Å². The van der Waals surface area contributed by atoms with Crippen LogP contribution in [0.3, 0.4) is 0 Å². The molecule has 0 aromatic carbocycles. The van der Waals surface area contributed by atoms with Gasteiger partial charge in [0.2, 0.25) is 11.8 Å². The third-order valence-electron chi connectivity index (χ3n) is 2.41. The minimum Gasteiger partial charge on any atom is -0.480 e. The SMILES string of the molecule is NC(=O)CC[C@@H](NC(=O)/C=C/c1cccnc1)C(=O)O. The Hall–Kier alpha value is -2.70. The second-order valence-electron chi connectivity index (χ2n) is 4.02. The van der Waals surface area contributed by atoms with Crippen molar-refractivity contribution in [2.45, 2.75) is 18.9 Å². The first kappa shape index (κ1) is 15.4. The molecule has 0 aliphatic rings. The van der Waals surface area contributed by atoms with E-state index >= 15 is 0 Å². The Balaban J connectivity index is 2.56. The number of amides is 2. The van der Waals surface area contributed by atoms with Crippen molar-refractivity contribution >= 4 is 23.9 Å². The van der Waals surface area contributed by atoms with E-state index in [1.807, 2.05) is 0 Å². The van der Waals surface area contributed by atoms with E-state index in [-0.39, 0.29) is 12.8 Å². The zero-order valence-corrected chi connectivity index (χ0v) is 10.7. The fraction of sp³-hybridized carbons (Fsp3) is 0.231. The number of nitrogens with one attached hydrogen (secondary N) is 1. The maximum atomic E-state index is 11.6. The number of carbonyl (C=O) groups excluding carboxylic acids is 2. The van der Waals surface area contributed by atoms with Crippen LogP contribution in [0.15, 0.2) is 30.6 Å². The Labute approximate surface area is 115 Å². The molecule has 0 spiro atoms. The number of aliphatic carboxylic acids is 1. The van der Waals surface area contributed by atoms with Gasteiger partial charge in [0.1, 0.15) is 6.04 Å². The topological polar surface area (TPSA) is 122 Å². The largest absolute Gasteiger partial charge is 0.480 e. The number of hydrogen-bond acceptors (Lipinski definition) is 4. The van der Waals surface area contributed by atoms with Crippen LogP contribution in [0.4, 0.5) is 0 Å². The van der Waals surface area contributed by atoms with Gasteiger partial charge in [0.05, 0.1) is 0 Å². The summed E-state index contributed by atoms with van der Waals surface area (Å²) < 4.78 is 0. The van der Waals surface area contributed by atoms with Crippen molar-refractivity contribution in [3.05, 3.63) is 36.2 Å². The lowest BCUT2D eigenvalue weighted by atomic mass is 10.1. The van der Waals surface area contributed by atoms with Crippen LogP contribution in [0, 0.1) is 0 Å². The number of rotatable bonds is 7. The predicted octanol–water partition coefficient (Wildman–Crippen LogP) is -0.0703. The summed E-state index contributed by atoms with van der Waals surface area (Å²) in [6.07, 6.45) is 5.72. The van der Waals surface area contributed by atoms with E-state index in [1.165, 1.54) is 12.2 Å². The molecule has 0 aliphatic heterocycles. The lowest BCUT2D eigenvalue weighted by Crippen LogP contribution is -2.40. The fourth-order valence-corrected chi connectivity index (χ4v) is 1.41. The normalized spacial score (nSPS) is 12.0. The minimum atomic E-state index is -1.21. The third-order valence-corrected chi connectivity index (χ3v) is 2.41. The van der Waals surface area contributed by atoms with E-state index in [4.69, 9.17) is 10.8 Å². The number of nitrogens with zero attached hydrogens (tertiary/aromatic N) is 1. The van der Waals surface area contributed by atoms with Crippen LogP contribution in [0.5, 0.6) is 0 Å². The summed E-state index contributed by atoms with van der Waals surface area (Å²) in [5.41, 5.74) is 5.66. The van der Waals surface area contributed by atoms with Crippen LogP contribution >= 0.6 is 0 Å². The molecule has 1 atom stereocenters. The molecule has 7 nitrogen and oxygen atoms in total. The van der Waals surface area contributed by atoms with Crippen LogP contribution in [0.25, 0.3) is 6.08 Å². The fourth-order valence-electron chi connectivity index (χ4n) is 1.41. The lowest BCUT2D eigenvalue weighted by Gasteiger charge is -2.11. The monoisotopic (exact) mass is 277 g/mol. The van der Waals surface area contributed by atoms with Gasteiger partial charge in [-0.05, 0) is 24.1 Å². The van der Waals surface area contributed by atoms with E-state index in [2.05, 4.69) is 10.3 Å². The van der Waals surface area contributed by atoms with Crippen molar-refractivity contribution in [3.8, 4) is 0 Å². The van der Waals surface area contributed by atoms with E-state index in [0.29, 0.717) is 5.56 Å². The highest BCUT2D eigenvalue weighted by atomic mass is 16.4. The van der Waals surface area contributed by atoms with Crippen molar-refractivity contribution < 1.29 is 19.5 Å². The van der Waals surface area contributed by atoms with Gasteiger partial charge in [0.25, 0.3) is 0 Å². The number of carboxylic acids is 1. The lowest BCUT2D eigenvalue weighted by molar-refractivity contribution is -0.141. The highest BCUT2D eigenvalue weighted by molar-refractivity contribution is 5.94. The molecule has 1 heterocycles. The van der Waals surface area contributed by atoms with Crippen LogP contribution in [-0.4, -0.2) is 33.9 Å². The van der Waals surface area contributed by atoms with Gasteiger partial charge in [-0.25, -0.2) is 4.79 Å². The maximum Gasteiger partial charge on any atom is 0.326 e. The zero-order chi connectivity index (χ0) is 15.0. The molecular formula is C13H15N3O4. The summed E-state index contributed by atoms with van der Waals surface area (Å²) in [5, 5.41) is 11.2. The highest BCUT2D eigenvalue weighted by Gasteiger charge is 2.19. The smallest absolute Gasteiger partial charge is 0.326 e. The van der Waals surface area contributed by atoms with Gasteiger partial charge in [-0.2, -0.15) is 0 Å². The molecule has 7 heteroatoms. The van der Waals surface area contributed by atoms with E-state index in [0.717, 1.165) is 0 Å². The van der Waals surface area contributed by atoms with Crippen molar-refractivity contribution in [2.75, 3.05) is 0 Å². The van der Waals surface area contributed by atoms with Gasteiger partial charge in [0, 0.05) is 24.9 Å².